The Labute approximate surface area is 118 Å². The van der Waals surface area contributed by atoms with E-state index in [0.717, 1.165) is 4.57 Å². The Bertz CT molecular complexity index is 709. The molecule has 4 nitrogen and oxygen atoms in total. The van der Waals surface area contributed by atoms with E-state index < -0.39 is 11.2 Å². The van der Waals surface area contributed by atoms with Crippen molar-refractivity contribution in [3.63, 3.8) is 0 Å². The van der Waals surface area contributed by atoms with Crippen LogP contribution in [0.2, 0.25) is 0 Å². The molecule has 7 heteroatoms. The molecule has 0 spiro atoms. The Hall–Kier alpha value is -1.21. The number of rotatable bonds is 2. The zero-order valence-electron chi connectivity index (χ0n) is 8.91. The number of benzene rings is 1. The maximum atomic E-state index is 12.9. The lowest BCUT2D eigenvalue weighted by atomic mass is 10.2. The van der Waals surface area contributed by atoms with Crippen molar-refractivity contribution in [2.24, 2.45) is 0 Å². The van der Waals surface area contributed by atoms with Crippen LogP contribution in [0.3, 0.4) is 0 Å². The fourth-order valence-electron chi connectivity index (χ4n) is 1.45. The summed E-state index contributed by atoms with van der Waals surface area (Å²) in [6.45, 7) is 0.0640. The highest BCUT2D eigenvalue weighted by molar-refractivity contribution is 9.10. The van der Waals surface area contributed by atoms with Crippen LogP contribution in [0, 0.1) is 5.82 Å². The monoisotopic (exact) mass is 376 g/mol. The summed E-state index contributed by atoms with van der Waals surface area (Å²) in [4.78, 5) is 25.8. The van der Waals surface area contributed by atoms with E-state index in [9.17, 15) is 14.0 Å². The van der Waals surface area contributed by atoms with Gasteiger partial charge in [-0.2, -0.15) is 0 Å². The fraction of sp³-hybridized carbons (Fsp3) is 0.0909. The Morgan fingerprint density at radius 2 is 1.94 bits per heavy atom. The van der Waals surface area contributed by atoms with Crippen molar-refractivity contribution < 1.29 is 4.39 Å². The summed E-state index contributed by atoms with van der Waals surface area (Å²) in [7, 11) is 0. The number of aromatic nitrogens is 2. The molecule has 0 unspecified atom stereocenters. The molecule has 18 heavy (non-hydrogen) atoms. The van der Waals surface area contributed by atoms with E-state index in [-0.39, 0.29) is 16.8 Å². The Balaban J connectivity index is 2.50. The second-order valence-electron chi connectivity index (χ2n) is 3.57. The summed E-state index contributed by atoms with van der Waals surface area (Å²) in [5, 5.41) is 0. The molecular formula is C11H7Br2FN2O2. The van der Waals surface area contributed by atoms with Crippen molar-refractivity contribution in [1.82, 2.24) is 9.55 Å². The first-order chi connectivity index (χ1) is 8.49. The zero-order chi connectivity index (χ0) is 13.3. The molecule has 0 radical (unpaired) electrons. The first kappa shape index (κ1) is 13.2. The number of nitrogens with one attached hydrogen (secondary N) is 1. The molecule has 0 saturated carbocycles. The van der Waals surface area contributed by atoms with Crippen LogP contribution >= 0.6 is 31.9 Å². The van der Waals surface area contributed by atoms with Gasteiger partial charge in [0, 0.05) is 10.7 Å². The zero-order valence-corrected chi connectivity index (χ0v) is 12.1. The summed E-state index contributed by atoms with van der Waals surface area (Å²) < 4.78 is 14.7. The molecule has 0 aliphatic rings. The maximum absolute atomic E-state index is 12.9. The second kappa shape index (κ2) is 5.19. The Kier molecular flexibility index (Phi) is 3.82. The molecule has 0 atom stereocenters. The molecule has 0 amide bonds. The quantitative estimate of drug-likeness (QED) is 0.872. The van der Waals surface area contributed by atoms with Crippen LogP contribution in [0.4, 0.5) is 4.39 Å². The Morgan fingerprint density at radius 1 is 1.22 bits per heavy atom. The van der Waals surface area contributed by atoms with Crippen molar-refractivity contribution in [2.45, 2.75) is 6.54 Å². The minimum Gasteiger partial charge on any atom is -0.313 e. The van der Waals surface area contributed by atoms with Crippen LogP contribution in [0.15, 0.2) is 42.9 Å². The lowest BCUT2D eigenvalue weighted by molar-refractivity contribution is 0.623. The van der Waals surface area contributed by atoms with Gasteiger partial charge >= 0.3 is 5.69 Å². The Morgan fingerprint density at radius 3 is 2.61 bits per heavy atom. The van der Waals surface area contributed by atoms with E-state index in [2.05, 4.69) is 36.8 Å². The van der Waals surface area contributed by atoms with E-state index in [4.69, 9.17) is 0 Å². The topological polar surface area (TPSA) is 54.9 Å². The van der Waals surface area contributed by atoms with Crippen molar-refractivity contribution in [2.75, 3.05) is 0 Å². The van der Waals surface area contributed by atoms with Crippen molar-refractivity contribution >= 4 is 31.9 Å². The predicted octanol–water partition coefficient (Wildman–Crippen LogP) is 2.25. The van der Waals surface area contributed by atoms with Gasteiger partial charge in [0.25, 0.3) is 5.56 Å². The minimum absolute atomic E-state index is 0.0640. The molecule has 2 aromatic rings. The molecule has 1 N–H and O–H groups in total. The summed E-state index contributed by atoms with van der Waals surface area (Å²) >= 11 is 6.24. The molecule has 1 aromatic heterocycles. The number of hydrogen-bond acceptors (Lipinski definition) is 2. The SMILES string of the molecule is O=c1[nH]cc(Br)c(=O)n1Cc1ccc(F)cc1Br. The molecule has 0 aliphatic carbocycles. The number of nitrogens with zero attached hydrogens (tertiary/aromatic N) is 1. The van der Waals surface area contributed by atoms with Crippen LogP contribution in [0.25, 0.3) is 0 Å². The predicted molar refractivity (Wildman–Crippen MR) is 72.2 cm³/mol. The van der Waals surface area contributed by atoms with Gasteiger partial charge in [0.1, 0.15) is 5.82 Å². The van der Waals surface area contributed by atoms with Crippen LogP contribution in [0.5, 0.6) is 0 Å². The van der Waals surface area contributed by atoms with E-state index in [1.54, 1.807) is 0 Å². The maximum Gasteiger partial charge on any atom is 0.328 e. The normalized spacial score (nSPS) is 10.6. The lowest BCUT2D eigenvalue weighted by Crippen LogP contribution is -2.35. The minimum atomic E-state index is -0.514. The lowest BCUT2D eigenvalue weighted by Gasteiger charge is -2.07. The van der Waals surface area contributed by atoms with Gasteiger partial charge in [-0.1, -0.05) is 22.0 Å². The van der Waals surface area contributed by atoms with Crippen LogP contribution < -0.4 is 11.2 Å². The molecule has 0 saturated heterocycles. The van der Waals surface area contributed by atoms with Gasteiger partial charge in [0.05, 0.1) is 11.0 Å². The molecule has 94 valence electrons. The summed E-state index contributed by atoms with van der Waals surface area (Å²) in [6.07, 6.45) is 1.29. The standard InChI is InChI=1S/C11H7Br2FN2O2/c12-8-3-7(14)2-1-6(8)5-16-10(17)9(13)4-15-11(16)18/h1-4H,5H2,(H,15,18). The average molecular weight is 378 g/mol. The van der Waals surface area contributed by atoms with E-state index >= 15 is 0 Å². The third-order valence-electron chi connectivity index (χ3n) is 2.36. The van der Waals surface area contributed by atoms with Gasteiger partial charge < -0.3 is 4.98 Å². The van der Waals surface area contributed by atoms with E-state index in [0.29, 0.717) is 10.0 Å². The van der Waals surface area contributed by atoms with Gasteiger partial charge in [-0.25, -0.2) is 9.18 Å². The number of H-pyrrole nitrogens is 1. The highest BCUT2D eigenvalue weighted by Gasteiger charge is 2.08. The number of aromatic amines is 1. The number of halogens is 3. The summed E-state index contributed by atoms with van der Waals surface area (Å²) in [5.74, 6) is -0.388. The highest BCUT2D eigenvalue weighted by Crippen LogP contribution is 2.18. The summed E-state index contributed by atoms with van der Waals surface area (Å²) in [5.41, 5.74) is -0.309. The van der Waals surface area contributed by atoms with E-state index in [1.165, 1.54) is 24.4 Å². The van der Waals surface area contributed by atoms with Gasteiger partial charge in [-0.05, 0) is 33.6 Å². The molecule has 2 rings (SSSR count). The van der Waals surface area contributed by atoms with Crippen molar-refractivity contribution in [3.8, 4) is 0 Å². The smallest absolute Gasteiger partial charge is 0.313 e. The first-order valence-electron chi connectivity index (χ1n) is 4.91. The molecule has 0 fully saturated rings. The second-order valence-corrected chi connectivity index (χ2v) is 5.28. The molecule has 1 heterocycles. The third kappa shape index (κ3) is 2.62. The van der Waals surface area contributed by atoms with Crippen LogP contribution in [-0.2, 0) is 6.54 Å². The fourth-order valence-corrected chi connectivity index (χ4v) is 2.25. The third-order valence-corrected chi connectivity index (χ3v) is 3.67. The van der Waals surface area contributed by atoms with Crippen LogP contribution in [-0.4, -0.2) is 9.55 Å². The number of hydrogen-bond donors (Lipinski definition) is 1. The molecule has 0 bridgehead atoms. The largest absolute Gasteiger partial charge is 0.328 e. The van der Waals surface area contributed by atoms with Crippen molar-refractivity contribution in [3.05, 3.63) is 65.6 Å². The van der Waals surface area contributed by atoms with Gasteiger partial charge in [-0.3, -0.25) is 9.36 Å². The highest BCUT2D eigenvalue weighted by atomic mass is 79.9. The van der Waals surface area contributed by atoms with Crippen molar-refractivity contribution in [1.29, 1.82) is 0 Å². The molecular weight excluding hydrogens is 371 g/mol. The molecule has 1 aromatic carbocycles. The summed E-state index contributed by atoms with van der Waals surface area (Å²) in [6, 6.07) is 4.08. The first-order valence-corrected chi connectivity index (χ1v) is 6.49. The van der Waals surface area contributed by atoms with E-state index in [1.807, 2.05) is 0 Å². The van der Waals surface area contributed by atoms with Gasteiger partial charge in [0.15, 0.2) is 0 Å². The molecule has 0 aliphatic heterocycles. The van der Waals surface area contributed by atoms with Gasteiger partial charge in [-0.15, -0.1) is 0 Å². The average Bonchev–Trinajstić information content (AvgIpc) is 2.32. The van der Waals surface area contributed by atoms with Crippen LogP contribution in [0.1, 0.15) is 5.56 Å². The van der Waals surface area contributed by atoms with Gasteiger partial charge in [0.2, 0.25) is 0 Å².